The van der Waals surface area contributed by atoms with Crippen molar-refractivity contribution in [2.75, 3.05) is 33.2 Å². The predicted octanol–water partition coefficient (Wildman–Crippen LogP) is 1.17. The van der Waals surface area contributed by atoms with E-state index >= 15 is 0 Å². The van der Waals surface area contributed by atoms with Crippen molar-refractivity contribution in [3.63, 3.8) is 0 Å². The van der Waals surface area contributed by atoms with E-state index in [2.05, 4.69) is 27.4 Å². The van der Waals surface area contributed by atoms with Crippen LogP contribution in [-0.4, -0.2) is 50.0 Å². The van der Waals surface area contributed by atoms with Crippen LogP contribution in [0, 0.1) is 5.92 Å². The highest BCUT2D eigenvalue weighted by Gasteiger charge is 2.14. The highest BCUT2D eigenvalue weighted by Crippen LogP contribution is 2.15. The van der Waals surface area contributed by atoms with Crippen LogP contribution in [0.4, 0.5) is 0 Å². The monoisotopic (exact) mass is 335 g/mol. The summed E-state index contributed by atoms with van der Waals surface area (Å²) in [6, 6.07) is 3.31. The summed E-state index contributed by atoms with van der Waals surface area (Å²) < 4.78 is 5.33. The first-order valence-corrected chi connectivity index (χ1v) is 8.64. The molecule has 1 aromatic rings. The standard InChI is InChI=1S/C17H29N5O2/c1-13-6-10-22(11-7-13)9-3-8-20-17(19-2)21-12-14-4-5-15(24-14)16(18)23/h4-5,13H,3,6-12H2,1-2H3,(H2,18,23)(H2,19,20,21). The van der Waals surface area contributed by atoms with Gasteiger partial charge in [-0.3, -0.25) is 9.79 Å². The zero-order valence-electron chi connectivity index (χ0n) is 14.7. The van der Waals surface area contributed by atoms with Crippen molar-refractivity contribution >= 4 is 11.9 Å². The van der Waals surface area contributed by atoms with Gasteiger partial charge >= 0.3 is 0 Å². The number of aliphatic imine (C=N–C) groups is 1. The summed E-state index contributed by atoms with van der Waals surface area (Å²) in [5.74, 6) is 1.86. The van der Waals surface area contributed by atoms with Crippen LogP contribution in [0.15, 0.2) is 21.5 Å². The second kappa shape index (κ2) is 9.32. The van der Waals surface area contributed by atoms with Gasteiger partial charge in [0.05, 0.1) is 6.54 Å². The average Bonchev–Trinajstić information content (AvgIpc) is 3.05. The molecule has 0 bridgehead atoms. The van der Waals surface area contributed by atoms with Crippen LogP contribution in [0.5, 0.6) is 0 Å². The molecule has 1 fully saturated rings. The highest BCUT2D eigenvalue weighted by atomic mass is 16.3. The molecule has 1 aromatic heterocycles. The summed E-state index contributed by atoms with van der Waals surface area (Å²) in [5, 5.41) is 6.46. The fraction of sp³-hybridized carbons (Fsp3) is 0.647. The number of carbonyl (C=O) groups is 1. The first-order valence-electron chi connectivity index (χ1n) is 8.64. The van der Waals surface area contributed by atoms with Crippen molar-refractivity contribution in [3.05, 3.63) is 23.7 Å². The summed E-state index contributed by atoms with van der Waals surface area (Å²) in [6.07, 6.45) is 3.71. The number of furan rings is 1. The second-order valence-corrected chi connectivity index (χ2v) is 6.36. The minimum Gasteiger partial charge on any atom is -0.454 e. The van der Waals surface area contributed by atoms with Gasteiger partial charge in [-0.05, 0) is 56.9 Å². The molecule has 0 atom stereocenters. The number of nitrogens with zero attached hydrogens (tertiary/aromatic N) is 2. The van der Waals surface area contributed by atoms with E-state index in [0.29, 0.717) is 12.3 Å². The lowest BCUT2D eigenvalue weighted by Crippen LogP contribution is -2.39. The maximum Gasteiger partial charge on any atom is 0.284 e. The molecule has 2 heterocycles. The fourth-order valence-electron chi connectivity index (χ4n) is 2.79. The lowest BCUT2D eigenvalue weighted by atomic mass is 9.99. The summed E-state index contributed by atoms with van der Waals surface area (Å²) in [5.41, 5.74) is 5.17. The quantitative estimate of drug-likeness (QED) is 0.395. The van der Waals surface area contributed by atoms with Crippen LogP contribution >= 0.6 is 0 Å². The SMILES string of the molecule is CN=C(NCCCN1CCC(C)CC1)NCc1ccc(C(N)=O)o1. The van der Waals surface area contributed by atoms with E-state index in [9.17, 15) is 4.79 Å². The largest absolute Gasteiger partial charge is 0.454 e. The first-order chi connectivity index (χ1) is 11.6. The lowest BCUT2D eigenvalue weighted by Gasteiger charge is -2.30. The lowest BCUT2D eigenvalue weighted by molar-refractivity contribution is 0.0972. The average molecular weight is 335 g/mol. The van der Waals surface area contributed by atoms with Gasteiger partial charge in [0.2, 0.25) is 0 Å². The van der Waals surface area contributed by atoms with Crippen LogP contribution in [0.1, 0.15) is 42.5 Å². The van der Waals surface area contributed by atoms with Gasteiger partial charge in [-0.15, -0.1) is 0 Å². The number of amides is 1. The topological polar surface area (TPSA) is 95.9 Å². The number of guanidine groups is 1. The van der Waals surface area contributed by atoms with E-state index in [1.165, 1.54) is 25.9 Å². The summed E-state index contributed by atoms with van der Waals surface area (Å²) in [6.45, 7) is 7.22. The van der Waals surface area contributed by atoms with Crippen LogP contribution in [0.2, 0.25) is 0 Å². The Morgan fingerprint density at radius 1 is 1.38 bits per heavy atom. The Bertz CT molecular complexity index is 547. The Balaban J connectivity index is 1.62. The Labute approximate surface area is 143 Å². The van der Waals surface area contributed by atoms with Crippen molar-refractivity contribution in [3.8, 4) is 0 Å². The van der Waals surface area contributed by atoms with Crippen molar-refractivity contribution < 1.29 is 9.21 Å². The third-order valence-electron chi connectivity index (χ3n) is 4.38. The smallest absolute Gasteiger partial charge is 0.284 e. The number of hydrogen-bond donors (Lipinski definition) is 3. The Morgan fingerprint density at radius 3 is 2.75 bits per heavy atom. The number of rotatable bonds is 7. The molecule has 1 amide bonds. The number of carbonyl (C=O) groups excluding carboxylic acids is 1. The minimum absolute atomic E-state index is 0.172. The van der Waals surface area contributed by atoms with Gasteiger partial charge in [0.15, 0.2) is 11.7 Å². The number of hydrogen-bond acceptors (Lipinski definition) is 4. The number of piperidine rings is 1. The Hall–Kier alpha value is -2.02. The molecule has 1 saturated heterocycles. The molecule has 0 aliphatic carbocycles. The molecule has 0 aromatic carbocycles. The molecule has 2 rings (SSSR count). The first kappa shape index (κ1) is 18.3. The molecule has 0 unspecified atom stereocenters. The Morgan fingerprint density at radius 2 is 2.12 bits per heavy atom. The number of nitrogens with one attached hydrogen (secondary N) is 2. The van der Waals surface area contributed by atoms with Gasteiger partial charge < -0.3 is 25.7 Å². The van der Waals surface area contributed by atoms with Gasteiger partial charge in [-0.1, -0.05) is 6.92 Å². The van der Waals surface area contributed by atoms with E-state index in [1.807, 2.05) is 0 Å². The van der Waals surface area contributed by atoms with Crippen LogP contribution in [-0.2, 0) is 6.54 Å². The molecule has 1 aliphatic rings. The number of likely N-dealkylation sites (tertiary alicyclic amines) is 1. The zero-order valence-corrected chi connectivity index (χ0v) is 14.7. The molecule has 0 saturated carbocycles. The third-order valence-corrected chi connectivity index (χ3v) is 4.38. The molecule has 7 heteroatoms. The van der Waals surface area contributed by atoms with Gasteiger partial charge in [0, 0.05) is 13.6 Å². The number of primary amides is 1. The maximum atomic E-state index is 11.0. The van der Waals surface area contributed by atoms with E-state index in [1.54, 1.807) is 19.2 Å². The van der Waals surface area contributed by atoms with Gasteiger partial charge in [0.1, 0.15) is 5.76 Å². The Kier molecular flexibility index (Phi) is 7.11. The van der Waals surface area contributed by atoms with Crippen LogP contribution in [0.25, 0.3) is 0 Å². The molecule has 24 heavy (non-hydrogen) atoms. The molecule has 1 aliphatic heterocycles. The third kappa shape index (κ3) is 5.88. The van der Waals surface area contributed by atoms with Gasteiger partial charge in [-0.25, -0.2) is 0 Å². The molecule has 0 spiro atoms. The summed E-state index contributed by atoms with van der Waals surface area (Å²) in [7, 11) is 1.73. The maximum absolute atomic E-state index is 11.0. The second-order valence-electron chi connectivity index (χ2n) is 6.36. The van der Waals surface area contributed by atoms with Crippen molar-refractivity contribution in [2.24, 2.45) is 16.6 Å². The fourth-order valence-corrected chi connectivity index (χ4v) is 2.79. The van der Waals surface area contributed by atoms with Crippen molar-refractivity contribution in [1.82, 2.24) is 15.5 Å². The summed E-state index contributed by atoms with van der Waals surface area (Å²) in [4.78, 5) is 17.7. The normalized spacial score (nSPS) is 17.0. The van der Waals surface area contributed by atoms with E-state index in [-0.39, 0.29) is 5.76 Å². The number of nitrogens with two attached hydrogens (primary N) is 1. The molecule has 4 N–H and O–H groups in total. The minimum atomic E-state index is -0.559. The molecule has 0 radical (unpaired) electrons. The van der Waals surface area contributed by atoms with Crippen LogP contribution in [0.3, 0.4) is 0 Å². The van der Waals surface area contributed by atoms with Gasteiger partial charge in [-0.2, -0.15) is 0 Å². The molecule has 7 nitrogen and oxygen atoms in total. The predicted molar refractivity (Wildman–Crippen MR) is 94.9 cm³/mol. The highest BCUT2D eigenvalue weighted by molar-refractivity contribution is 5.89. The van der Waals surface area contributed by atoms with Crippen molar-refractivity contribution in [2.45, 2.75) is 32.7 Å². The van der Waals surface area contributed by atoms with E-state index in [0.717, 1.165) is 31.4 Å². The summed E-state index contributed by atoms with van der Waals surface area (Å²) >= 11 is 0. The van der Waals surface area contributed by atoms with Crippen LogP contribution < -0.4 is 16.4 Å². The van der Waals surface area contributed by atoms with E-state index in [4.69, 9.17) is 10.2 Å². The van der Waals surface area contributed by atoms with Gasteiger partial charge in [0.25, 0.3) is 5.91 Å². The molecular formula is C17H29N5O2. The van der Waals surface area contributed by atoms with E-state index < -0.39 is 5.91 Å². The zero-order chi connectivity index (χ0) is 17.4. The molecular weight excluding hydrogens is 306 g/mol. The molecule has 134 valence electrons. The van der Waals surface area contributed by atoms with Crippen molar-refractivity contribution in [1.29, 1.82) is 0 Å².